The van der Waals surface area contributed by atoms with Crippen molar-refractivity contribution in [2.75, 3.05) is 20.3 Å². The molecule has 1 aromatic rings. The van der Waals surface area contributed by atoms with Gasteiger partial charge in [0.1, 0.15) is 5.82 Å². The van der Waals surface area contributed by atoms with E-state index in [9.17, 15) is 0 Å². The summed E-state index contributed by atoms with van der Waals surface area (Å²) in [6, 6.07) is 0.194. The number of imidazole rings is 1. The zero-order valence-corrected chi connectivity index (χ0v) is 9.16. The normalized spacial score (nSPS) is 13.1. The first-order valence-electron chi connectivity index (χ1n) is 5.06. The van der Waals surface area contributed by atoms with E-state index in [-0.39, 0.29) is 6.04 Å². The van der Waals surface area contributed by atoms with Gasteiger partial charge in [0.25, 0.3) is 0 Å². The van der Waals surface area contributed by atoms with Crippen LogP contribution in [0.2, 0.25) is 0 Å². The molecule has 1 atom stereocenters. The molecule has 0 spiro atoms. The third kappa shape index (κ3) is 2.56. The Bertz CT molecular complexity index is 254. The lowest BCUT2D eigenvalue weighted by molar-refractivity contribution is 0.163. The van der Waals surface area contributed by atoms with E-state index in [4.69, 9.17) is 4.74 Å². The van der Waals surface area contributed by atoms with Gasteiger partial charge in [-0.15, -0.1) is 0 Å². The Balaban J connectivity index is 2.75. The quantitative estimate of drug-likeness (QED) is 0.744. The number of hydrogen-bond donors (Lipinski definition) is 1. The molecule has 4 nitrogen and oxygen atoms in total. The number of aryl methyl sites for hydroxylation is 1. The molecular formula is C10H19N3O. The van der Waals surface area contributed by atoms with Crippen LogP contribution in [0.25, 0.3) is 0 Å². The molecule has 80 valence electrons. The van der Waals surface area contributed by atoms with E-state index in [0.29, 0.717) is 6.61 Å². The minimum atomic E-state index is 0.194. The molecule has 0 bridgehead atoms. The maximum absolute atomic E-state index is 5.16. The number of likely N-dealkylation sites (N-methyl/N-ethyl adjacent to an activating group) is 1. The minimum absolute atomic E-state index is 0.194. The van der Waals surface area contributed by atoms with Crippen LogP contribution in [0.5, 0.6) is 0 Å². The second-order valence-corrected chi connectivity index (χ2v) is 3.14. The monoisotopic (exact) mass is 197 g/mol. The summed E-state index contributed by atoms with van der Waals surface area (Å²) in [4.78, 5) is 4.35. The molecular weight excluding hydrogens is 178 g/mol. The van der Waals surface area contributed by atoms with Crippen LogP contribution in [0.4, 0.5) is 0 Å². The van der Waals surface area contributed by atoms with Gasteiger partial charge in [0, 0.05) is 26.0 Å². The molecule has 1 heterocycles. The van der Waals surface area contributed by atoms with Crippen LogP contribution in [-0.2, 0) is 11.3 Å². The lowest BCUT2D eigenvalue weighted by Gasteiger charge is -2.17. The summed E-state index contributed by atoms with van der Waals surface area (Å²) in [6.07, 6.45) is 3.83. The van der Waals surface area contributed by atoms with Gasteiger partial charge in [-0.25, -0.2) is 4.98 Å². The van der Waals surface area contributed by atoms with Crippen molar-refractivity contribution in [3.8, 4) is 0 Å². The summed E-state index contributed by atoms with van der Waals surface area (Å²) in [5.41, 5.74) is 0. The molecule has 1 unspecified atom stereocenters. The van der Waals surface area contributed by atoms with Gasteiger partial charge in [-0.2, -0.15) is 0 Å². The Labute approximate surface area is 85.3 Å². The third-order valence-corrected chi connectivity index (χ3v) is 2.18. The van der Waals surface area contributed by atoms with Crippen molar-refractivity contribution in [3.05, 3.63) is 18.2 Å². The molecule has 4 heteroatoms. The van der Waals surface area contributed by atoms with E-state index in [2.05, 4.69) is 28.7 Å². The SMILES string of the molecule is CCNC(COC)c1nccn1CC. The zero-order valence-electron chi connectivity index (χ0n) is 9.16. The fourth-order valence-corrected chi connectivity index (χ4v) is 1.54. The van der Waals surface area contributed by atoms with Crippen LogP contribution in [-0.4, -0.2) is 29.8 Å². The predicted molar refractivity (Wildman–Crippen MR) is 56.2 cm³/mol. The smallest absolute Gasteiger partial charge is 0.128 e. The van der Waals surface area contributed by atoms with Crippen molar-refractivity contribution in [3.63, 3.8) is 0 Å². The Morgan fingerprint density at radius 2 is 2.36 bits per heavy atom. The van der Waals surface area contributed by atoms with Gasteiger partial charge in [-0.1, -0.05) is 6.92 Å². The van der Waals surface area contributed by atoms with E-state index < -0.39 is 0 Å². The summed E-state index contributed by atoms with van der Waals surface area (Å²) in [5.74, 6) is 1.05. The molecule has 14 heavy (non-hydrogen) atoms. The van der Waals surface area contributed by atoms with E-state index in [1.165, 1.54) is 0 Å². The molecule has 1 N–H and O–H groups in total. The summed E-state index contributed by atoms with van der Waals surface area (Å²) >= 11 is 0. The van der Waals surface area contributed by atoms with Crippen LogP contribution >= 0.6 is 0 Å². The van der Waals surface area contributed by atoms with Crippen molar-refractivity contribution >= 4 is 0 Å². The summed E-state index contributed by atoms with van der Waals surface area (Å²) in [5, 5.41) is 3.35. The van der Waals surface area contributed by atoms with Crippen molar-refractivity contribution in [1.29, 1.82) is 0 Å². The average Bonchev–Trinajstić information content (AvgIpc) is 2.65. The highest BCUT2D eigenvalue weighted by Crippen LogP contribution is 2.10. The molecule has 0 saturated carbocycles. The Kier molecular flexibility index (Phi) is 4.62. The molecule has 0 aliphatic heterocycles. The van der Waals surface area contributed by atoms with Crippen molar-refractivity contribution in [2.45, 2.75) is 26.4 Å². The number of rotatable bonds is 6. The van der Waals surface area contributed by atoms with Gasteiger partial charge < -0.3 is 14.6 Å². The third-order valence-electron chi connectivity index (χ3n) is 2.18. The summed E-state index contributed by atoms with van der Waals surface area (Å²) < 4.78 is 7.30. The fourth-order valence-electron chi connectivity index (χ4n) is 1.54. The van der Waals surface area contributed by atoms with Crippen molar-refractivity contribution in [2.24, 2.45) is 0 Å². The van der Waals surface area contributed by atoms with E-state index in [1.807, 2.05) is 12.4 Å². The highest BCUT2D eigenvalue weighted by atomic mass is 16.5. The molecule has 0 amide bonds. The lowest BCUT2D eigenvalue weighted by atomic mass is 10.3. The molecule has 0 radical (unpaired) electrons. The first kappa shape index (κ1) is 11.2. The summed E-state index contributed by atoms with van der Waals surface area (Å²) in [7, 11) is 1.71. The zero-order chi connectivity index (χ0) is 10.4. The van der Waals surface area contributed by atoms with Gasteiger partial charge in [-0.05, 0) is 13.5 Å². The maximum Gasteiger partial charge on any atom is 0.128 e. The first-order valence-corrected chi connectivity index (χ1v) is 5.06. The van der Waals surface area contributed by atoms with E-state index in [0.717, 1.165) is 18.9 Å². The largest absolute Gasteiger partial charge is 0.383 e. The minimum Gasteiger partial charge on any atom is -0.383 e. The van der Waals surface area contributed by atoms with Crippen LogP contribution in [0.3, 0.4) is 0 Å². The van der Waals surface area contributed by atoms with E-state index >= 15 is 0 Å². The molecule has 0 aromatic carbocycles. The van der Waals surface area contributed by atoms with E-state index in [1.54, 1.807) is 7.11 Å². The topological polar surface area (TPSA) is 39.1 Å². The number of hydrogen-bond acceptors (Lipinski definition) is 3. The number of methoxy groups -OCH3 is 1. The van der Waals surface area contributed by atoms with Gasteiger partial charge in [0.2, 0.25) is 0 Å². The Hall–Kier alpha value is -0.870. The van der Waals surface area contributed by atoms with Crippen molar-refractivity contribution in [1.82, 2.24) is 14.9 Å². The van der Waals surface area contributed by atoms with Gasteiger partial charge in [-0.3, -0.25) is 0 Å². The lowest BCUT2D eigenvalue weighted by Crippen LogP contribution is -2.27. The van der Waals surface area contributed by atoms with Crippen LogP contribution in [0.1, 0.15) is 25.7 Å². The van der Waals surface area contributed by atoms with Crippen molar-refractivity contribution < 1.29 is 4.74 Å². The fraction of sp³-hybridized carbons (Fsp3) is 0.700. The molecule has 1 rings (SSSR count). The second-order valence-electron chi connectivity index (χ2n) is 3.14. The summed E-state index contributed by atoms with van der Waals surface area (Å²) in [6.45, 7) is 6.72. The standard InChI is InChI=1S/C10H19N3O/c1-4-11-9(8-14-3)10-12-6-7-13(10)5-2/h6-7,9,11H,4-5,8H2,1-3H3. The van der Waals surface area contributed by atoms with Gasteiger partial charge in [0.15, 0.2) is 0 Å². The number of ether oxygens (including phenoxy) is 1. The van der Waals surface area contributed by atoms with Gasteiger partial charge >= 0.3 is 0 Å². The van der Waals surface area contributed by atoms with Crippen LogP contribution in [0.15, 0.2) is 12.4 Å². The average molecular weight is 197 g/mol. The van der Waals surface area contributed by atoms with Crippen LogP contribution in [0, 0.1) is 0 Å². The molecule has 0 saturated heterocycles. The highest BCUT2D eigenvalue weighted by molar-refractivity contribution is 4.99. The number of aromatic nitrogens is 2. The molecule has 1 aromatic heterocycles. The predicted octanol–water partition coefficient (Wildman–Crippen LogP) is 1.20. The maximum atomic E-state index is 5.16. The molecule has 0 aliphatic rings. The Morgan fingerprint density at radius 3 is 2.93 bits per heavy atom. The second kappa shape index (κ2) is 5.78. The van der Waals surface area contributed by atoms with Gasteiger partial charge in [0.05, 0.1) is 12.6 Å². The number of nitrogens with one attached hydrogen (secondary N) is 1. The molecule has 0 aliphatic carbocycles. The molecule has 0 fully saturated rings. The number of nitrogens with zero attached hydrogens (tertiary/aromatic N) is 2. The Morgan fingerprint density at radius 1 is 1.57 bits per heavy atom. The highest BCUT2D eigenvalue weighted by Gasteiger charge is 2.14. The first-order chi connectivity index (χ1) is 6.83. The van der Waals surface area contributed by atoms with Crippen LogP contribution < -0.4 is 5.32 Å².